The normalized spacial score (nSPS) is 36.5. The van der Waals surface area contributed by atoms with Gasteiger partial charge in [-0.1, -0.05) is 32.8 Å². The van der Waals surface area contributed by atoms with Crippen molar-refractivity contribution in [2.45, 2.75) is 78.4 Å². The van der Waals surface area contributed by atoms with Gasteiger partial charge in [0.25, 0.3) is 0 Å². The Morgan fingerprint density at radius 1 is 1.33 bits per heavy atom. The van der Waals surface area contributed by atoms with E-state index in [9.17, 15) is 15.0 Å². The van der Waals surface area contributed by atoms with E-state index < -0.39 is 18.3 Å². The van der Waals surface area contributed by atoms with Gasteiger partial charge in [-0.05, 0) is 62.4 Å². The Morgan fingerprint density at radius 2 is 1.96 bits per heavy atom. The molecule has 0 aliphatic heterocycles. The van der Waals surface area contributed by atoms with Crippen molar-refractivity contribution in [3.8, 4) is 0 Å². The first-order valence-electron chi connectivity index (χ1n) is 9.19. The number of hydrogen-bond donors (Lipinski definition) is 3. The van der Waals surface area contributed by atoms with Crippen molar-refractivity contribution in [2.24, 2.45) is 22.7 Å². The van der Waals surface area contributed by atoms with E-state index in [1.807, 2.05) is 6.92 Å². The van der Waals surface area contributed by atoms with E-state index in [0.29, 0.717) is 12.8 Å². The first kappa shape index (κ1) is 19.6. The Morgan fingerprint density at radius 3 is 2.54 bits per heavy atom. The molecule has 0 radical (unpaired) electrons. The predicted octanol–water partition coefficient (Wildman–Crippen LogP) is 2.85. The van der Waals surface area contributed by atoms with Gasteiger partial charge in [0, 0.05) is 5.92 Å². The lowest BCUT2D eigenvalue weighted by Crippen LogP contribution is -2.53. The summed E-state index contributed by atoms with van der Waals surface area (Å²) in [5, 5.41) is 29.4. The van der Waals surface area contributed by atoms with Gasteiger partial charge in [0.1, 0.15) is 6.10 Å². The Kier molecular flexibility index (Phi) is 5.35. The summed E-state index contributed by atoms with van der Waals surface area (Å²) < 4.78 is 0. The van der Waals surface area contributed by atoms with Crippen LogP contribution in [0.15, 0.2) is 11.6 Å². The molecule has 1 saturated carbocycles. The lowest BCUT2D eigenvalue weighted by atomic mass is 9.47. The maximum Gasteiger partial charge on any atom is 0.159 e. The average Bonchev–Trinajstić information content (AvgIpc) is 2.43. The number of carbonyl (C=O) groups is 1. The van der Waals surface area contributed by atoms with Gasteiger partial charge in [-0.15, -0.1) is 0 Å². The summed E-state index contributed by atoms with van der Waals surface area (Å²) >= 11 is 0. The van der Waals surface area contributed by atoms with Crippen molar-refractivity contribution < 1.29 is 20.1 Å². The van der Waals surface area contributed by atoms with Gasteiger partial charge in [-0.2, -0.15) is 0 Å². The third-order valence-corrected chi connectivity index (χ3v) is 6.81. The second kappa shape index (κ2) is 6.54. The maximum atomic E-state index is 12.8. The fraction of sp³-hybridized carbons (Fsp3) is 0.850. The van der Waals surface area contributed by atoms with Gasteiger partial charge in [-0.3, -0.25) is 4.79 Å². The molecule has 5 atom stereocenters. The molecule has 1 unspecified atom stereocenters. The van der Waals surface area contributed by atoms with E-state index in [-0.39, 0.29) is 28.4 Å². The monoisotopic (exact) mass is 338 g/mol. The lowest BCUT2D eigenvalue weighted by Gasteiger charge is -2.56. The second-order valence-corrected chi connectivity index (χ2v) is 9.22. The molecule has 0 bridgehead atoms. The maximum absolute atomic E-state index is 12.8. The standard InChI is InChI=1S/C20H34O4/c1-13-11-15(22)17-18(2,3)8-6-9-19(17,4)14(13)7-10-20(5,24)16(23)12-21/h11,14,16-17,21,23-24H,6-10,12H2,1-5H3/t14-,16?,17-,19+,20-/m0/s1. The van der Waals surface area contributed by atoms with Crippen LogP contribution in [0.2, 0.25) is 0 Å². The molecule has 0 aromatic rings. The van der Waals surface area contributed by atoms with Crippen molar-refractivity contribution in [2.75, 3.05) is 6.61 Å². The smallest absolute Gasteiger partial charge is 0.159 e. The molecule has 138 valence electrons. The highest BCUT2D eigenvalue weighted by atomic mass is 16.4. The Bertz CT molecular complexity index is 520. The van der Waals surface area contributed by atoms with Crippen LogP contribution in [0.4, 0.5) is 0 Å². The third-order valence-electron chi connectivity index (χ3n) is 6.81. The molecule has 2 aliphatic rings. The number of hydrogen-bond acceptors (Lipinski definition) is 4. The molecule has 0 spiro atoms. The molecular weight excluding hydrogens is 304 g/mol. The van der Waals surface area contributed by atoms with Gasteiger partial charge in [0.2, 0.25) is 0 Å². The summed E-state index contributed by atoms with van der Waals surface area (Å²) in [6.07, 6.45) is 4.99. The molecule has 0 aromatic heterocycles. The molecule has 0 saturated heterocycles. The summed E-state index contributed by atoms with van der Waals surface area (Å²) in [4.78, 5) is 12.8. The van der Waals surface area contributed by atoms with Gasteiger partial charge in [0.15, 0.2) is 5.78 Å². The number of aliphatic hydroxyl groups is 3. The van der Waals surface area contributed by atoms with E-state index in [1.165, 1.54) is 0 Å². The van der Waals surface area contributed by atoms with Crippen LogP contribution in [0.3, 0.4) is 0 Å². The van der Waals surface area contributed by atoms with Gasteiger partial charge in [0.05, 0.1) is 12.2 Å². The van der Waals surface area contributed by atoms with Crippen LogP contribution in [-0.4, -0.2) is 39.4 Å². The highest BCUT2D eigenvalue weighted by Crippen LogP contribution is 2.59. The van der Waals surface area contributed by atoms with Crippen molar-refractivity contribution in [3.63, 3.8) is 0 Å². The molecule has 3 N–H and O–H groups in total. The van der Waals surface area contributed by atoms with Crippen molar-refractivity contribution in [3.05, 3.63) is 11.6 Å². The number of allylic oxidation sites excluding steroid dienone is 2. The van der Waals surface area contributed by atoms with E-state index >= 15 is 0 Å². The molecule has 24 heavy (non-hydrogen) atoms. The van der Waals surface area contributed by atoms with Crippen LogP contribution in [-0.2, 0) is 4.79 Å². The fourth-order valence-corrected chi connectivity index (χ4v) is 5.48. The van der Waals surface area contributed by atoms with Gasteiger partial charge < -0.3 is 15.3 Å². The fourth-order valence-electron chi connectivity index (χ4n) is 5.48. The van der Waals surface area contributed by atoms with Gasteiger partial charge >= 0.3 is 0 Å². The lowest BCUT2D eigenvalue weighted by molar-refractivity contribution is -0.137. The van der Waals surface area contributed by atoms with Crippen molar-refractivity contribution in [1.82, 2.24) is 0 Å². The van der Waals surface area contributed by atoms with Crippen LogP contribution in [0.5, 0.6) is 0 Å². The van der Waals surface area contributed by atoms with Crippen molar-refractivity contribution >= 4 is 5.78 Å². The third kappa shape index (κ3) is 3.33. The predicted molar refractivity (Wildman–Crippen MR) is 94.4 cm³/mol. The summed E-state index contributed by atoms with van der Waals surface area (Å²) in [5.74, 6) is 0.482. The Hall–Kier alpha value is -0.710. The van der Waals surface area contributed by atoms with Crippen molar-refractivity contribution in [1.29, 1.82) is 0 Å². The molecule has 1 fully saturated rings. The largest absolute Gasteiger partial charge is 0.394 e. The van der Waals surface area contributed by atoms with Gasteiger partial charge in [-0.25, -0.2) is 0 Å². The van der Waals surface area contributed by atoms with Crippen LogP contribution in [0.1, 0.15) is 66.7 Å². The SMILES string of the molecule is CC1=CC(=O)[C@H]2C(C)(C)CCC[C@]2(C)[C@H]1CC[C@](C)(O)C(O)CO. The quantitative estimate of drug-likeness (QED) is 0.720. The number of carbonyl (C=O) groups excluding carboxylic acids is 1. The van der Waals surface area contributed by atoms with E-state index in [4.69, 9.17) is 5.11 Å². The first-order valence-corrected chi connectivity index (χ1v) is 9.19. The highest BCUT2D eigenvalue weighted by molar-refractivity contribution is 5.94. The van der Waals surface area contributed by atoms with E-state index in [0.717, 1.165) is 24.8 Å². The van der Waals surface area contributed by atoms with E-state index in [1.54, 1.807) is 13.0 Å². The molecule has 4 nitrogen and oxygen atoms in total. The van der Waals surface area contributed by atoms with Crippen LogP contribution in [0.25, 0.3) is 0 Å². The topological polar surface area (TPSA) is 77.8 Å². The zero-order valence-corrected chi connectivity index (χ0v) is 15.8. The number of rotatable bonds is 5. The minimum absolute atomic E-state index is 0.00728. The Balaban J connectivity index is 2.28. The minimum Gasteiger partial charge on any atom is -0.394 e. The average molecular weight is 338 g/mol. The minimum atomic E-state index is -1.31. The number of fused-ring (bicyclic) bond motifs is 1. The molecular formula is C20H34O4. The van der Waals surface area contributed by atoms with E-state index in [2.05, 4.69) is 20.8 Å². The summed E-state index contributed by atoms with van der Waals surface area (Å²) in [6.45, 7) is 9.77. The molecule has 4 heteroatoms. The molecule has 2 rings (SSSR count). The summed E-state index contributed by atoms with van der Waals surface area (Å²) in [5.41, 5.74) is -0.331. The summed E-state index contributed by atoms with van der Waals surface area (Å²) in [7, 11) is 0. The molecule has 2 aliphatic carbocycles. The molecule has 0 aromatic carbocycles. The summed E-state index contributed by atoms with van der Waals surface area (Å²) in [6, 6.07) is 0. The number of aliphatic hydroxyl groups excluding tert-OH is 2. The van der Waals surface area contributed by atoms with Crippen LogP contribution >= 0.6 is 0 Å². The zero-order chi connectivity index (χ0) is 18.3. The molecule has 0 heterocycles. The second-order valence-electron chi connectivity index (χ2n) is 9.22. The van der Waals surface area contributed by atoms with Crippen LogP contribution < -0.4 is 0 Å². The number of ketones is 1. The first-order chi connectivity index (χ1) is 11.0. The Labute approximate surface area is 146 Å². The van der Waals surface area contributed by atoms with Crippen LogP contribution in [0, 0.1) is 22.7 Å². The molecule has 0 amide bonds. The zero-order valence-electron chi connectivity index (χ0n) is 15.8. The highest BCUT2D eigenvalue weighted by Gasteiger charge is 2.55.